The van der Waals surface area contributed by atoms with E-state index in [0.29, 0.717) is 6.04 Å². The lowest BCUT2D eigenvalue weighted by Gasteiger charge is -2.44. The van der Waals surface area contributed by atoms with Crippen LogP contribution in [-0.2, 0) is 0 Å². The second-order valence-electron chi connectivity index (χ2n) is 8.15. The summed E-state index contributed by atoms with van der Waals surface area (Å²) in [6.07, 6.45) is 8.31. The summed E-state index contributed by atoms with van der Waals surface area (Å²) in [5.74, 6) is 1.84. The normalized spacial score (nSPS) is 22.7. The highest BCUT2D eigenvalue weighted by Crippen LogP contribution is 2.34. The molecule has 1 atom stereocenters. The highest BCUT2D eigenvalue weighted by Gasteiger charge is 2.37. The van der Waals surface area contributed by atoms with Crippen LogP contribution in [0.2, 0.25) is 0 Å². The molecule has 6 rings (SSSR count). The van der Waals surface area contributed by atoms with Crippen molar-refractivity contribution in [3.05, 3.63) is 54.4 Å². The van der Waals surface area contributed by atoms with Gasteiger partial charge in [-0.25, -0.2) is 9.98 Å². The Balaban J connectivity index is 1.44. The molecule has 7 heteroatoms. The van der Waals surface area contributed by atoms with E-state index in [2.05, 4.69) is 48.9 Å². The van der Waals surface area contributed by atoms with Gasteiger partial charge in [-0.1, -0.05) is 37.5 Å². The first-order valence-electron chi connectivity index (χ1n) is 10.6. The fourth-order valence-corrected chi connectivity index (χ4v) is 4.90. The Morgan fingerprint density at radius 2 is 1.83 bits per heavy atom. The molecule has 0 saturated heterocycles. The number of nitrogens with zero attached hydrogens (tertiary/aromatic N) is 6. The summed E-state index contributed by atoms with van der Waals surface area (Å²) in [7, 11) is 0. The molecule has 2 aliphatic heterocycles. The molecule has 1 aromatic carbocycles. The number of para-hydroxylation sites is 2. The maximum atomic E-state index is 5.01. The van der Waals surface area contributed by atoms with E-state index < -0.39 is 0 Å². The Kier molecular flexibility index (Phi) is 4.01. The summed E-state index contributed by atoms with van der Waals surface area (Å²) in [5, 5.41) is 3.64. The van der Waals surface area contributed by atoms with Crippen LogP contribution in [0.25, 0.3) is 11.0 Å². The smallest absolute Gasteiger partial charge is 0.216 e. The number of imidazole rings is 1. The summed E-state index contributed by atoms with van der Waals surface area (Å²) < 4.78 is 2.26. The maximum Gasteiger partial charge on any atom is 0.216 e. The third-order valence-corrected chi connectivity index (χ3v) is 6.38. The minimum absolute atomic E-state index is 0.116. The molecule has 0 bridgehead atoms. The standard InChI is InChI=1S/C22H25N7/c1-2-8-16(9-3-1)27-14-24-21-26-20(18-11-6-7-13-23-18)29-19-12-5-4-10-17(19)25-22(29)28(21)15-27/h4-7,10-13,16,20H,1-3,8-9,14-15H2,(H,24,26)/t20-/m0/s1. The predicted molar refractivity (Wildman–Crippen MR) is 114 cm³/mol. The number of nitrogens with one attached hydrogen (secondary N) is 1. The molecule has 0 spiro atoms. The number of pyridine rings is 1. The maximum absolute atomic E-state index is 5.01. The Bertz CT molecular complexity index is 1050. The Morgan fingerprint density at radius 1 is 0.966 bits per heavy atom. The molecule has 1 aliphatic carbocycles. The monoisotopic (exact) mass is 387 g/mol. The van der Waals surface area contributed by atoms with E-state index in [0.717, 1.165) is 42.0 Å². The van der Waals surface area contributed by atoms with Crippen molar-refractivity contribution in [2.45, 2.75) is 44.3 Å². The van der Waals surface area contributed by atoms with E-state index in [1.54, 1.807) is 0 Å². The predicted octanol–water partition coefficient (Wildman–Crippen LogP) is 3.31. The molecule has 2 aromatic heterocycles. The molecule has 1 saturated carbocycles. The molecule has 1 N–H and O–H groups in total. The van der Waals surface area contributed by atoms with Crippen molar-refractivity contribution in [2.24, 2.45) is 4.99 Å². The van der Waals surface area contributed by atoms with Gasteiger partial charge in [0, 0.05) is 12.2 Å². The van der Waals surface area contributed by atoms with Crippen molar-refractivity contribution in [3.8, 4) is 0 Å². The third kappa shape index (κ3) is 2.80. The minimum Gasteiger partial charge on any atom is -0.330 e. The number of aromatic nitrogens is 3. The van der Waals surface area contributed by atoms with Gasteiger partial charge in [-0.15, -0.1) is 0 Å². The molecule has 3 aliphatic rings. The van der Waals surface area contributed by atoms with Gasteiger partial charge in [0.2, 0.25) is 11.9 Å². The first-order valence-corrected chi connectivity index (χ1v) is 10.6. The molecule has 1 fully saturated rings. The van der Waals surface area contributed by atoms with Gasteiger partial charge >= 0.3 is 0 Å². The van der Waals surface area contributed by atoms with E-state index in [4.69, 9.17) is 9.98 Å². The molecule has 0 unspecified atom stereocenters. The summed E-state index contributed by atoms with van der Waals surface area (Å²) in [6.45, 7) is 1.58. The van der Waals surface area contributed by atoms with Crippen LogP contribution in [0.15, 0.2) is 53.7 Å². The van der Waals surface area contributed by atoms with Gasteiger partial charge in [0.25, 0.3) is 0 Å². The first-order chi connectivity index (χ1) is 14.4. The molecule has 0 amide bonds. The number of benzene rings is 1. The number of hydrogen-bond acceptors (Lipinski definition) is 6. The van der Waals surface area contributed by atoms with Gasteiger partial charge in [-0.05, 0) is 37.1 Å². The number of guanidine groups is 1. The lowest BCUT2D eigenvalue weighted by Crippen LogP contribution is -2.59. The van der Waals surface area contributed by atoms with Crippen molar-refractivity contribution in [1.82, 2.24) is 24.8 Å². The Labute approximate surface area is 170 Å². The summed E-state index contributed by atoms with van der Waals surface area (Å²) >= 11 is 0. The van der Waals surface area contributed by atoms with E-state index in [1.165, 1.54) is 32.1 Å². The van der Waals surface area contributed by atoms with Crippen LogP contribution in [0.1, 0.15) is 44.0 Å². The van der Waals surface area contributed by atoms with E-state index >= 15 is 0 Å². The van der Waals surface area contributed by atoms with Crippen molar-refractivity contribution in [2.75, 3.05) is 18.2 Å². The molecule has 148 valence electrons. The van der Waals surface area contributed by atoms with Crippen LogP contribution in [0, 0.1) is 0 Å². The molecular formula is C22H25N7. The minimum atomic E-state index is -0.116. The van der Waals surface area contributed by atoms with Crippen LogP contribution in [0.4, 0.5) is 5.95 Å². The highest BCUT2D eigenvalue weighted by molar-refractivity contribution is 5.98. The lowest BCUT2D eigenvalue weighted by molar-refractivity contribution is 0.156. The van der Waals surface area contributed by atoms with Crippen molar-refractivity contribution >= 4 is 22.9 Å². The zero-order chi connectivity index (χ0) is 19.2. The van der Waals surface area contributed by atoms with Gasteiger partial charge < -0.3 is 5.32 Å². The molecule has 0 radical (unpaired) electrons. The lowest BCUT2D eigenvalue weighted by atomic mass is 9.94. The first kappa shape index (κ1) is 17.0. The highest BCUT2D eigenvalue weighted by atomic mass is 15.5. The van der Waals surface area contributed by atoms with Gasteiger partial charge in [0.15, 0.2) is 6.17 Å². The summed E-state index contributed by atoms with van der Waals surface area (Å²) in [6, 6.07) is 15.0. The fraction of sp³-hybridized carbons (Fsp3) is 0.409. The zero-order valence-electron chi connectivity index (χ0n) is 16.4. The average Bonchev–Trinajstić information content (AvgIpc) is 3.19. The Hall–Kier alpha value is -2.93. The SMILES string of the molecule is c1ccc([C@H]2NC3=NCN(C4CCCCC4)CN3c3nc4ccccc4n32)nc1. The molecule has 4 heterocycles. The summed E-state index contributed by atoms with van der Waals surface area (Å²) in [4.78, 5) is 19.3. The van der Waals surface area contributed by atoms with Crippen molar-refractivity contribution in [3.63, 3.8) is 0 Å². The molecule has 3 aromatic rings. The van der Waals surface area contributed by atoms with Crippen LogP contribution in [-0.4, -0.2) is 44.8 Å². The number of rotatable bonds is 2. The van der Waals surface area contributed by atoms with Gasteiger partial charge in [-0.3, -0.25) is 19.4 Å². The van der Waals surface area contributed by atoms with Crippen LogP contribution in [0.5, 0.6) is 0 Å². The van der Waals surface area contributed by atoms with Crippen LogP contribution in [0.3, 0.4) is 0 Å². The molecular weight excluding hydrogens is 362 g/mol. The van der Waals surface area contributed by atoms with Crippen LogP contribution >= 0.6 is 0 Å². The fourth-order valence-electron chi connectivity index (χ4n) is 4.90. The van der Waals surface area contributed by atoms with E-state index in [-0.39, 0.29) is 6.17 Å². The number of hydrogen-bond donors (Lipinski definition) is 1. The van der Waals surface area contributed by atoms with Crippen molar-refractivity contribution in [1.29, 1.82) is 0 Å². The number of fused-ring (bicyclic) bond motifs is 5. The Morgan fingerprint density at radius 3 is 2.69 bits per heavy atom. The quantitative estimate of drug-likeness (QED) is 0.731. The van der Waals surface area contributed by atoms with Crippen molar-refractivity contribution < 1.29 is 0 Å². The largest absolute Gasteiger partial charge is 0.330 e. The third-order valence-electron chi connectivity index (χ3n) is 6.38. The van der Waals surface area contributed by atoms with E-state index in [1.807, 2.05) is 24.4 Å². The van der Waals surface area contributed by atoms with E-state index in [9.17, 15) is 0 Å². The zero-order valence-corrected chi connectivity index (χ0v) is 16.4. The topological polar surface area (TPSA) is 61.6 Å². The number of anilines is 1. The molecule has 29 heavy (non-hydrogen) atoms. The average molecular weight is 387 g/mol. The van der Waals surface area contributed by atoms with Gasteiger partial charge in [-0.2, -0.15) is 0 Å². The second-order valence-corrected chi connectivity index (χ2v) is 8.15. The molecule has 7 nitrogen and oxygen atoms in total. The second kappa shape index (κ2) is 6.84. The van der Waals surface area contributed by atoms with Crippen LogP contribution < -0.4 is 10.2 Å². The van der Waals surface area contributed by atoms with Gasteiger partial charge in [0.05, 0.1) is 30.1 Å². The van der Waals surface area contributed by atoms with Gasteiger partial charge in [0.1, 0.15) is 0 Å². The summed E-state index contributed by atoms with van der Waals surface area (Å²) in [5.41, 5.74) is 3.08. The number of aliphatic imine (C=N–C) groups is 1.